The second-order valence-corrected chi connectivity index (χ2v) is 5.26. The van der Waals surface area contributed by atoms with Crippen molar-refractivity contribution in [3.8, 4) is 0 Å². The van der Waals surface area contributed by atoms with Gasteiger partial charge in [0.1, 0.15) is 6.26 Å². The summed E-state index contributed by atoms with van der Waals surface area (Å²) in [5, 5.41) is 2.92. The van der Waals surface area contributed by atoms with Gasteiger partial charge in [-0.25, -0.2) is 0 Å². The highest BCUT2D eigenvalue weighted by Gasteiger charge is 2.19. The molecule has 0 aliphatic rings. The van der Waals surface area contributed by atoms with Gasteiger partial charge >= 0.3 is 0 Å². The van der Waals surface area contributed by atoms with Crippen molar-refractivity contribution in [2.24, 2.45) is 0 Å². The summed E-state index contributed by atoms with van der Waals surface area (Å²) in [5.74, 6) is -0.152. The number of para-hydroxylation sites is 1. The molecule has 1 aromatic carbocycles. The van der Waals surface area contributed by atoms with E-state index in [4.69, 9.17) is 4.42 Å². The van der Waals surface area contributed by atoms with Gasteiger partial charge in [-0.15, -0.1) is 0 Å². The van der Waals surface area contributed by atoms with Gasteiger partial charge in [-0.2, -0.15) is 0 Å². The van der Waals surface area contributed by atoms with E-state index in [0.29, 0.717) is 5.56 Å². The monoisotopic (exact) mass is 243 g/mol. The van der Waals surface area contributed by atoms with E-state index in [9.17, 15) is 4.79 Å². The summed E-state index contributed by atoms with van der Waals surface area (Å²) in [4.78, 5) is 12.0. The molecule has 1 amide bonds. The number of hydrogen-bond acceptors (Lipinski definition) is 2. The number of anilines is 1. The van der Waals surface area contributed by atoms with Gasteiger partial charge in [0.25, 0.3) is 5.91 Å². The molecular formula is C15H17NO2. The Morgan fingerprint density at radius 2 is 1.89 bits per heavy atom. The summed E-state index contributed by atoms with van der Waals surface area (Å²) in [7, 11) is 0. The van der Waals surface area contributed by atoms with Crippen LogP contribution < -0.4 is 5.32 Å². The van der Waals surface area contributed by atoms with E-state index < -0.39 is 0 Å². The van der Waals surface area contributed by atoms with Crippen LogP contribution in [-0.4, -0.2) is 5.91 Å². The van der Waals surface area contributed by atoms with E-state index in [1.165, 1.54) is 12.5 Å². The van der Waals surface area contributed by atoms with Gasteiger partial charge in [0.15, 0.2) is 0 Å². The topological polar surface area (TPSA) is 42.2 Å². The number of rotatable bonds is 2. The quantitative estimate of drug-likeness (QED) is 0.871. The molecule has 18 heavy (non-hydrogen) atoms. The van der Waals surface area contributed by atoms with Crippen molar-refractivity contribution in [3.63, 3.8) is 0 Å². The Labute approximate surface area is 107 Å². The number of nitrogens with one attached hydrogen (secondary N) is 1. The van der Waals surface area contributed by atoms with Crippen LogP contribution in [0.5, 0.6) is 0 Å². The third kappa shape index (κ3) is 2.62. The molecule has 0 radical (unpaired) electrons. The number of amides is 1. The molecular weight excluding hydrogens is 226 g/mol. The normalized spacial score (nSPS) is 11.3. The van der Waals surface area contributed by atoms with E-state index in [1.807, 2.05) is 24.3 Å². The highest BCUT2D eigenvalue weighted by atomic mass is 16.3. The van der Waals surface area contributed by atoms with Crippen LogP contribution in [0.1, 0.15) is 36.7 Å². The molecule has 0 saturated carbocycles. The third-order valence-electron chi connectivity index (χ3n) is 2.77. The smallest absolute Gasteiger partial charge is 0.258 e. The molecule has 3 nitrogen and oxygen atoms in total. The zero-order valence-electron chi connectivity index (χ0n) is 10.9. The lowest BCUT2D eigenvalue weighted by molar-refractivity contribution is 0.102. The lowest BCUT2D eigenvalue weighted by Gasteiger charge is -2.22. The summed E-state index contributed by atoms with van der Waals surface area (Å²) in [5.41, 5.74) is 2.47. The van der Waals surface area contributed by atoms with Gasteiger partial charge in [0.2, 0.25) is 0 Å². The van der Waals surface area contributed by atoms with Crippen molar-refractivity contribution >= 4 is 11.6 Å². The standard InChI is InChI=1S/C15H17NO2/c1-15(2,3)12-6-4-5-7-13(12)16-14(17)11-8-9-18-10-11/h4-10H,1-3H3,(H,16,17). The van der Waals surface area contributed by atoms with Crippen molar-refractivity contribution in [1.29, 1.82) is 0 Å². The van der Waals surface area contributed by atoms with Crippen molar-refractivity contribution in [2.45, 2.75) is 26.2 Å². The molecule has 0 unspecified atom stereocenters. The lowest BCUT2D eigenvalue weighted by Crippen LogP contribution is -2.18. The third-order valence-corrected chi connectivity index (χ3v) is 2.77. The van der Waals surface area contributed by atoms with E-state index >= 15 is 0 Å². The van der Waals surface area contributed by atoms with Gasteiger partial charge in [0, 0.05) is 5.69 Å². The van der Waals surface area contributed by atoms with Crippen LogP contribution in [0.3, 0.4) is 0 Å². The molecule has 1 N–H and O–H groups in total. The van der Waals surface area contributed by atoms with Crippen molar-refractivity contribution < 1.29 is 9.21 Å². The summed E-state index contributed by atoms with van der Waals surface area (Å²) in [6.45, 7) is 6.36. The Morgan fingerprint density at radius 3 is 2.50 bits per heavy atom. The first-order valence-electron chi connectivity index (χ1n) is 5.91. The first kappa shape index (κ1) is 12.4. The SMILES string of the molecule is CC(C)(C)c1ccccc1NC(=O)c1ccoc1. The van der Waals surface area contributed by atoms with Crippen molar-refractivity contribution in [3.05, 3.63) is 54.0 Å². The second-order valence-electron chi connectivity index (χ2n) is 5.26. The average Bonchev–Trinajstić information content (AvgIpc) is 2.81. The van der Waals surface area contributed by atoms with Crippen LogP contribution in [0, 0.1) is 0 Å². The van der Waals surface area contributed by atoms with Gasteiger partial charge in [-0.05, 0) is 23.1 Å². The molecule has 2 rings (SSSR count). The van der Waals surface area contributed by atoms with Gasteiger partial charge in [-0.1, -0.05) is 39.0 Å². The zero-order valence-corrected chi connectivity index (χ0v) is 10.9. The maximum absolute atomic E-state index is 12.0. The van der Waals surface area contributed by atoms with Crippen LogP contribution in [0.25, 0.3) is 0 Å². The van der Waals surface area contributed by atoms with E-state index in [2.05, 4.69) is 26.1 Å². The van der Waals surface area contributed by atoms with Crippen LogP contribution in [0.2, 0.25) is 0 Å². The fourth-order valence-electron chi connectivity index (χ4n) is 1.83. The number of benzene rings is 1. The number of carbonyl (C=O) groups excluding carboxylic acids is 1. The molecule has 0 atom stereocenters. The molecule has 0 aliphatic carbocycles. The maximum Gasteiger partial charge on any atom is 0.258 e. The van der Waals surface area contributed by atoms with Gasteiger partial charge in [0.05, 0.1) is 11.8 Å². The minimum atomic E-state index is -0.152. The molecule has 94 valence electrons. The zero-order chi connectivity index (χ0) is 13.2. The fourth-order valence-corrected chi connectivity index (χ4v) is 1.83. The van der Waals surface area contributed by atoms with Gasteiger partial charge < -0.3 is 9.73 Å². The second kappa shape index (κ2) is 4.69. The van der Waals surface area contributed by atoms with Crippen LogP contribution in [0.4, 0.5) is 5.69 Å². The van der Waals surface area contributed by atoms with Crippen LogP contribution in [0.15, 0.2) is 47.3 Å². The van der Waals surface area contributed by atoms with E-state index in [-0.39, 0.29) is 11.3 Å². The van der Waals surface area contributed by atoms with Crippen LogP contribution >= 0.6 is 0 Å². The van der Waals surface area contributed by atoms with Gasteiger partial charge in [-0.3, -0.25) is 4.79 Å². The minimum Gasteiger partial charge on any atom is -0.472 e. The lowest BCUT2D eigenvalue weighted by atomic mass is 9.86. The first-order chi connectivity index (χ1) is 8.48. The number of hydrogen-bond donors (Lipinski definition) is 1. The largest absolute Gasteiger partial charge is 0.472 e. The molecule has 1 aromatic heterocycles. The average molecular weight is 243 g/mol. The predicted molar refractivity (Wildman–Crippen MR) is 71.8 cm³/mol. The van der Waals surface area contributed by atoms with E-state index in [1.54, 1.807) is 6.07 Å². The summed E-state index contributed by atoms with van der Waals surface area (Å²) in [6, 6.07) is 9.49. The van der Waals surface area contributed by atoms with Crippen molar-refractivity contribution in [1.82, 2.24) is 0 Å². The molecule has 0 fully saturated rings. The Hall–Kier alpha value is -2.03. The Balaban J connectivity index is 2.27. The Morgan fingerprint density at radius 1 is 1.17 bits per heavy atom. The molecule has 2 aromatic rings. The number of carbonyl (C=O) groups is 1. The van der Waals surface area contributed by atoms with E-state index in [0.717, 1.165) is 11.3 Å². The Bertz CT molecular complexity index is 536. The molecule has 0 saturated heterocycles. The minimum absolute atomic E-state index is 0.0136. The summed E-state index contributed by atoms with van der Waals surface area (Å²) >= 11 is 0. The first-order valence-corrected chi connectivity index (χ1v) is 5.91. The molecule has 0 bridgehead atoms. The summed E-state index contributed by atoms with van der Waals surface area (Å²) in [6.07, 6.45) is 2.93. The molecule has 0 aliphatic heterocycles. The molecule has 3 heteroatoms. The number of furan rings is 1. The maximum atomic E-state index is 12.0. The van der Waals surface area contributed by atoms with Crippen LogP contribution in [-0.2, 0) is 5.41 Å². The molecule has 0 spiro atoms. The highest BCUT2D eigenvalue weighted by molar-refractivity contribution is 6.04. The fraction of sp³-hybridized carbons (Fsp3) is 0.267. The Kier molecular flexibility index (Phi) is 3.24. The summed E-state index contributed by atoms with van der Waals surface area (Å²) < 4.78 is 4.91. The van der Waals surface area contributed by atoms with Crippen molar-refractivity contribution in [2.75, 3.05) is 5.32 Å². The highest BCUT2D eigenvalue weighted by Crippen LogP contribution is 2.29. The predicted octanol–water partition coefficient (Wildman–Crippen LogP) is 3.83. The molecule has 1 heterocycles.